The summed E-state index contributed by atoms with van der Waals surface area (Å²) in [4.78, 5) is 14.1. The third-order valence-electron chi connectivity index (χ3n) is 3.84. The highest BCUT2D eigenvalue weighted by atomic mass is 79.9. The number of hydrogen-bond acceptors (Lipinski definition) is 4. The summed E-state index contributed by atoms with van der Waals surface area (Å²) in [5.74, 6) is 1.42. The van der Waals surface area contributed by atoms with Crippen LogP contribution in [0.15, 0.2) is 53.0 Å². The number of carbonyl (C=O) groups excluding carboxylic acids is 1. The van der Waals surface area contributed by atoms with E-state index >= 15 is 0 Å². The number of likely N-dealkylation sites (N-methyl/N-ethyl adjacent to an activating group) is 1. The number of carbonyl (C=O) groups is 1. The summed E-state index contributed by atoms with van der Waals surface area (Å²) in [5.41, 5.74) is 0.983. The normalized spacial score (nSPS) is 16.1. The van der Waals surface area contributed by atoms with E-state index in [0.717, 1.165) is 21.7 Å². The molecule has 0 saturated heterocycles. The Morgan fingerprint density at radius 3 is 2.79 bits per heavy atom. The first-order chi connectivity index (χ1) is 11.7. The first-order valence-electron chi connectivity index (χ1n) is 7.78. The molecule has 0 saturated carbocycles. The quantitative estimate of drug-likeness (QED) is 0.852. The van der Waals surface area contributed by atoms with Crippen molar-refractivity contribution in [3.63, 3.8) is 0 Å². The van der Waals surface area contributed by atoms with Gasteiger partial charge in [-0.15, -0.1) is 0 Å². The van der Waals surface area contributed by atoms with Crippen molar-refractivity contribution in [2.75, 3.05) is 31.6 Å². The molecule has 5 nitrogen and oxygen atoms in total. The maximum Gasteiger partial charge on any atom is 0.262 e. The molecule has 0 spiro atoms. The number of para-hydroxylation sites is 2. The molecule has 1 amide bonds. The maximum atomic E-state index is 12.0. The number of rotatable bonds is 5. The molecule has 1 atom stereocenters. The standard InChI is InChI=1S/C18H19BrN2O3/c1-20-18(22)17-12-21(15-4-2-3-5-16(15)24-17)10-11-23-14-8-6-13(19)7-9-14/h2-9,17H,10-12H2,1H3,(H,20,22)/t17-/m0/s1. The molecule has 6 heteroatoms. The lowest BCUT2D eigenvalue weighted by molar-refractivity contribution is -0.127. The molecule has 0 unspecified atom stereocenters. The molecule has 2 aromatic rings. The Bertz CT molecular complexity index is 706. The second kappa shape index (κ2) is 7.57. The van der Waals surface area contributed by atoms with Gasteiger partial charge < -0.3 is 19.7 Å². The number of anilines is 1. The van der Waals surface area contributed by atoms with Gasteiger partial charge in [0.2, 0.25) is 0 Å². The van der Waals surface area contributed by atoms with Crippen molar-refractivity contribution in [1.82, 2.24) is 5.32 Å². The fraction of sp³-hybridized carbons (Fsp3) is 0.278. The van der Waals surface area contributed by atoms with Crippen molar-refractivity contribution in [3.05, 3.63) is 53.0 Å². The number of halogens is 1. The average molecular weight is 391 g/mol. The molecule has 1 aliphatic rings. The molecule has 24 heavy (non-hydrogen) atoms. The van der Waals surface area contributed by atoms with Crippen molar-refractivity contribution in [2.45, 2.75) is 6.10 Å². The van der Waals surface area contributed by atoms with Crippen LogP contribution >= 0.6 is 15.9 Å². The highest BCUT2D eigenvalue weighted by Gasteiger charge is 2.29. The molecular weight excluding hydrogens is 372 g/mol. The highest BCUT2D eigenvalue weighted by Crippen LogP contribution is 2.32. The van der Waals surface area contributed by atoms with E-state index in [9.17, 15) is 4.79 Å². The summed E-state index contributed by atoms with van der Waals surface area (Å²) in [5, 5.41) is 2.65. The Morgan fingerprint density at radius 2 is 2.04 bits per heavy atom. The van der Waals surface area contributed by atoms with Crippen LogP contribution in [0, 0.1) is 0 Å². The molecule has 0 aromatic heterocycles. The molecular formula is C18H19BrN2O3. The minimum Gasteiger partial charge on any atom is -0.492 e. The van der Waals surface area contributed by atoms with E-state index in [4.69, 9.17) is 9.47 Å². The average Bonchev–Trinajstić information content (AvgIpc) is 2.62. The van der Waals surface area contributed by atoms with E-state index in [2.05, 4.69) is 26.1 Å². The fourth-order valence-electron chi connectivity index (χ4n) is 2.62. The lowest BCUT2D eigenvalue weighted by Crippen LogP contribution is -2.49. The summed E-state index contributed by atoms with van der Waals surface area (Å²) in [6.07, 6.45) is -0.516. The van der Waals surface area contributed by atoms with Gasteiger partial charge in [0.1, 0.15) is 18.1 Å². The Hall–Kier alpha value is -2.21. The van der Waals surface area contributed by atoms with Gasteiger partial charge in [0.25, 0.3) is 5.91 Å². The molecule has 0 fully saturated rings. The summed E-state index contributed by atoms with van der Waals surface area (Å²) >= 11 is 3.41. The Morgan fingerprint density at radius 1 is 1.29 bits per heavy atom. The van der Waals surface area contributed by atoms with Gasteiger partial charge in [-0.2, -0.15) is 0 Å². The van der Waals surface area contributed by atoms with Crippen LogP contribution in [0.4, 0.5) is 5.69 Å². The van der Waals surface area contributed by atoms with Crippen LogP contribution in [0.25, 0.3) is 0 Å². The topological polar surface area (TPSA) is 50.8 Å². The number of nitrogens with zero attached hydrogens (tertiary/aromatic N) is 1. The summed E-state index contributed by atoms with van der Waals surface area (Å²) in [7, 11) is 1.62. The largest absolute Gasteiger partial charge is 0.492 e. The second-order valence-corrected chi connectivity index (χ2v) is 6.35. The molecule has 1 heterocycles. The van der Waals surface area contributed by atoms with Crippen LogP contribution in [0.3, 0.4) is 0 Å². The molecule has 0 radical (unpaired) electrons. The number of hydrogen-bond donors (Lipinski definition) is 1. The smallest absolute Gasteiger partial charge is 0.262 e. The number of amides is 1. The summed E-state index contributed by atoms with van der Waals surface area (Å²) in [6, 6.07) is 15.5. The van der Waals surface area contributed by atoms with Gasteiger partial charge in [0.15, 0.2) is 6.10 Å². The fourth-order valence-corrected chi connectivity index (χ4v) is 2.89. The minimum atomic E-state index is -0.516. The summed E-state index contributed by atoms with van der Waals surface area (Å²) < 4.78 is 12.6. The summed E-state index contributed by atoms with van der Waals surface area (Å²) in [6.45, 7) is 1.70. The predicted molar refractivity (Wildman–Crippen MR) is 96.8 cm³/mol. The molecule has 0 aliphatic carbocycles. The van der Waals surface area contributed by atoms with E-state index in [1.54, 1.807) is 7.05 Å². The van der Waals surface area contributed by atoms with E-state index < -0.39 is 6.10 Å². The minimum absolute atomic E-state index is 0.122. The lowest BCUT2D eigenvalue weighted by atomic mass is 10.2. The molecule has 0 bridgehead atoms. The third-order valence-corrected chi connectivity index (χ3v) is 4.37. The second-order valence-electron chi connectivity index (χ2n) is 5.44. The van der Waals surface area contributed by atoms with Gasteiger partial charge in [0, 0.05) is 11.5 Å². The van der Waals surface area contributed by atoms with Crippen LogP contribution in [0.1, 0.15) is 0 Å². The van der Waals surface area contributed by atoms with Crippen molar-refractivity contribution >= 4 is 27.5 Å². The van der Waals surface area contributed by atoms with Gasteiger partial charge in [-0.1, -0.05) is 28.1 Å². The van der Waals surface area contributed by atoms with Crippen LogP contribution in [0.2, 0.25) is 0 Å². The van der Waals surface area contributed by atoms with Gasteiger partial charge in [-0.25, -0.2) is 0 Å². The highest BCUT2D eigenvalue weighted by molar-refractivity contribution is 9.10. The third kappa shape index (κ3) is 3.82. The van der Waals surface area contributed by atoms with E-state index in [0.29, 0.717) is 19.7 Å². The molecule has 3 rings (SSSR count). The van der Waals surface area contributed by atoms with Gasteiger partial charge in [-0.3, -0.25) is 4.79 Å². The van der Waals surface area contributed by atoms with Crippen molar-refractivity contribution in [3.8, 4) is 11.5 Å². The van der Waals surface area contributed by atoms with E-state index in [1.807, 2.05) is 48.5 Å². The first kappa shape index (κ1) is 16.6. The zero-order valence-electron chi connectivity index (χ0n) is 13.4. The van der Waals surface area contributed by atoms with Gasteiger partial charge in [-0.05, 0) is 36.4 Å². The lowest BCUT2D eigenvalue weighted by Gasteiger charge is -2.35. The van der Waals surface area contributed by atoms with Gasteiger partial charge >= 0.3 is 0 Å². The predicted octanol–water partition coefficient (Wildman–Crippen LogP) is 2.84. The first-order valence-corrected chi connectivity index (χ1v) is 8.57. The van der Waals surface area contributed by atoms with E-state index in [1.165, 1.54) is 0 Å². The maximum absolute atomic E-state index is 12.0. The zero-order chi connectivity index (χ0) is 16.9. The molecule has 1 aliphatic heterocycles. The number of ether oxygens (including phenoxy) is 2. The van der Waals surface area contributed by atoms with Crippen LogP contribution in [-0.4, -0.2) is 38.8 Å². The Kier molecular flexibility index (Phi) is 5.25. The number of benzene rings is 2. The Labute approximate surface area is 149 Å². The molecule has 1 N–H and O–H groups in total. The van der Waals surface area contributed by atoms with Crippen LogP contribution in [-0.2, 0) is 4.79 Å². The Balaban J connectivity index is 1.66. The number of nitrogens with one attached hydrogen (secondary N) is 1. The molecule has 2 aromatic carbocycles. The number of fused-ring (bicyclic) bond motifs is 1. The van der Waals surface area contributed by atoms with Gasteiger partial charge in [0.05, 0.1) is 18.8 Å². The zero-order valence-corrected chi connectivity index (χ0v) is 15.0. The SMILES string of the molecule is CNC(=O)[C@@H]1CN(CCOc2ccc(Br)cc2)c2ccccc2O1. The monoisotopic (exact) mass is 390 g/mol. The van der Waals surface area contributed by atoms with Crippen molar-refractivity contribution in [1.29, 1.82) is 0 Å². The van der Waals surface area contributed by atoms with Crippen molar-refractivity contribution in [2.24, 2.45) is 0 Å². The van der Waals surface area contributed by atoms with Crippen LogP contribution in [0.5, 0.6) is 11.5 Å². The van der Waals surface area contributed by atoms with Crippen LogP contribution < -0.4 is 19.7 Å². The van der Waals surface area contributed by atoms with E-state index in [-0.39, 0.29) is 5.91 Å². The van der Waals surface area contributed by atoms with Crippen molar-refractivity contribution < 1.29 is 14.3 Å². The molecule has 126 valence electrons.